The lowest BCUT2D eigenvalue weighted by Gasteiger charge is -2.31. The summed E-state index contributed by atoms with van der Waals surface area (Å²) < 4.78 is 33.4. The summed E-state index contributed by atoms with van der Waals surface area (Å²) in [4.78, 5) is 5.42. The Labute approximate surface area is 200 Å². The lowest BCUT2D eigenvalue weighted by atomic mass is 9.91. The van der Waals surface area contributed by atoms with Gasteiger partial charge in [0.2, 0.25) is 10.0 Å². The van der Waals surface area contributed by atoms with Gasteiger partial charge in [-0.3, -0.25) is 0 Å². The van der Waals surface area contributed by atoms with E-state index in [0.717, 1.165) is 24.1 Å². The molecule has 3 aromatic heterocycles. The standard InChI is InChI=1S/C23H22N4O3S3/c28-33(29,27-12-10-18(11-13-27)15-17-5-2-1-3-6-17)19-8-9-21(24-16-19)32-23-26-25-22(30-23)20-7-4-14-31-20/h1-9,14,16,18H,10-13,15H2. The maximum absolute atomic E-state index is 13.1. The first-order valence-electron chi connectivity index (χ1n) is 10.6. The van der Waals surface area contributed by atoms with Gasteiger partial charge in [-0.05, 0) is 66.1 Å². The van der Waals surface area contributed by atoms with E-state index in [9.17, 15) is 8.42 Å². The van der Waals surface area contributed by atoms with Gasteiger partial charge in [-0.2, -0.15) is 4.31 Å². The number of nitrogens with zero attached hydrogens (tertiary/aromatic N) is 4. The zero-order valence-corrected chi connectivity index (χ0v) is 20.2. The number of sulfonamides is 1. The van der Waals surface area contributed by atoms with Crippen LogP contribution in [0.25, 0.3) is 10.8 Å². The summed E-state index contributed by atoms with van der Waals surface area (Å²) in [5, 5.41) is 11.0. The van der Waals surface area contributed by atoms with Crippen molar-refractivity contribution < 1.29 is 12.8 Å². The molecule has 1 saturated heterocycles. The topological polar surface area (TPSA) is 89.2 Å². The summed E-state index contributed by atoms with van der Waals surface area (Å²) in [6.45, 7) is 1.06. The summed E-state index contributed by atoms with van der Waals surface area (Å²) in [7, 11) is -3.56. The van der Waals surface area contributed by atoms with Crippen LogP contribution in [0.3, 0.4) is 0 Å². The highest BCUT2D eigenvalue weighted by molar-refractivity contribution is 7.99. The van der Waals surface area contributed by atoms with Crippen molar-refractivity contribution >= 4 is 33.1 Å². The summed E-state index contributed by atoms with van der Waals surface area (Å²) >= 11 is 2.73. The van der Waals surface area contributed by atoms with Crippen LogP contribution in [0.2, 0.25) is 0 Å². The third-order valence-corrected chi connectivity index (χ3v) is 9.15. The smallest absolute Gasteiger partial charge is 0.283 e. The van der Waals surface area contributed by atoms with Crippen LogP contribution in [0.5, 0.6) is 0 Å². The Kier molecular flexibility index (Phi) is 6.59. The average Bonchev–Trinajstić information content (AvgIpc) is 3.53. The first-order valence-corrected chi connectivity index (χ1v) is 13.8. The van der Waals surface area contributed by atoms with Gasteiger partial charge < -0.3 is 4.42 Å². The first kappa shape index (κ1) is 22.3. The number of benzene rings is 1. The quantitative estimate of drug-likeness (QED) is 0.355. The first-order chi connectivity index (χ1) is 16.1. The van der Waals surface area contributed by atoms with Gasteiger partial charge in [-0.15, -0.1) is 21.5 Å². The van der Waals surface area contributed by atoms with Crippen LogP contribution in [0.1, 0.15) is 18.4 Å². The Bertz CT molecular complexity index is 1280. The largest absolute Gasteiger partial charge is 0.410 e. The van der Waals surface area contributed by atoms with E-state index in [4.69, 9.17) is 4.42 Å². The average molecular weight is 499 g/mol. The maximum Gasteiger partial charge on any atom is 0.283 e. The second-order valence-electron chi connectivity index (χ2n) is 7.82. The molecule has 4 aromatic rings. The van der Waals surface area contributed by atoms with Crippen molar-refractivity contribution in [2.24, 2.45) is 5.92 Å². The highest BCUT2D eigenvalue weighted by atomic mass is 32.2. The third kappa shape index (κ3) is 5.19. The summed E-state index contributed by atoms with van der Waals surface area (Å²) in [5.74, 6) is 0.964. The van der Waals surface area contributed by atoms with Crippen molar-refractivity contribution in [1.82, 2.24) is 19.5 Å². The molecule has 0 bridgehead atoms. The maximum atomic E-state index is 13.1. The van der Waals surface area contributed by atoms with Gasteiger partial charge >= 0.3 is 0 Å². The molecule has 1 aliphatic rings. The van der Waals surface area contributed by atoms with Crippen molar-refractivity contribution in [3.8, 4) is 10.8 Å². The van der Waals surface area contributed by atoms with Crippen LogP contribution >= 0.6 is 23.1 Å². The highest BCUT2D eigenvalue weighted by Gasteiger charge is 2.29. The molecule has 1 aliphatic heterocycles. The van der Waals surface area contributed by atoms with Crippen molar-refractivity contribution in [2.45, 2.75) is 34.4 Å². The van der Waals surface area contributed by atoms with Crippen LogP contribution in [0.15, 0.2) is 85.7 Å². The van der Waals surface area contributed by atoms with Crippen LogP contribution in [0.4, 0.5) is 0 Å². The van der Waals surface area contributed by atoms with Crippen molar-refractivity contribution in [2.75, 3.05) is 13.1 Å². The van der Waals surface area contributed by atoms with Crippen molar-refractivity contribution in [1.29, 1.82) is 0 Å². The molecule has 0 unspecified atom stereocenters. The molecule has 33 heavy (non-hydrogen) atoms. The number of hydrogen-bond donors (Lipinski definition) is 0. The molecule has 0 aliphatic carbocycles. The van der Waals surface area contributed by atoms with Crippen LogP contribution in [-0.4, -0.2) is 41.0 Å². The van der Waals surface area contributed by atoms with Gasteiger partial charge in [0.05, 0.1) is 4.88 Å². The van der Waals surface area contributed by atoms with Gasteiger partial charge in [0, 0.05) is 19.3 Å². The summed E-state index contributed by atoms with van der Waals surface area (Å²) in [5.41, 5.74) is 1.31. The van der Waals surface area contributed by atoms with E-state index in [0.29, 0.717) is 35.1 Å². The zero-order chi connectivity index (χ0) is 22.7. The lowest BCUT2D eigenvalue weighted by Crippen LogP contribution is -2.38. The van der Waals surface area contributed by atoms with E-state index in [1.54, 1.807) is 16.4 Å². The Hall–Kier alpha value is -2.53. The van der Waals surface area contributed by atoms with Gasteiger partial charge in [0.25, 0.3) is 11.1 Å². The van der Waals surface area contributed by atoms with Crippen LogP contribution < -0.4 is 0 Å². The number of hydrogen-bond acceptors (Lipinski definition) is 8. The van der Waals surface area contributed by atoms with Crippen molar-refractivity contribution in [3.63, 3.8) is 0 Å². The van der Waals surface area contributed by atoms with E-state index in [2.05, 4.69) is 27.3 Å². The van der Waals surface area contributed by atoms with Gasteiger partial charge in [-0.25, -0.2) is 13.4 Å². The number of piperidine rings is 1. The van der Waals surface area contributed by atoms with Gasteiger partial charge in [0.1, 0.15) is 9.92 Å². The van der Waals surface area contributed by atoms with E-state index < -0.39 is 10.0 Å². The molecule has 170 valence electrons. The number of aromatic nitrogens is 3. The number of rotatable bonds is 7. The van der Waals surface area contributed by atoms with Gasteiger partial charge in [-0.1, -0.05) is 36.4 Å². The van der Waals surface area contributed by atoms with E-state index in [1.165, 1.54) is 34.9 Å². The minimum atomic E-state index is -3.56. The molecule has 0 atom stereocenters. The fourth-order valence-corrected chi connectivity index (χ4v) is 6.55. The molecule has 4 heterocycles. The minimum absolute atomic E-state index is 0.207. The predicted molar refractivity (Wildman–Crippen MR) is 128 cm³/mol. The van der Waals surface area contributed by atoms with E-state index in [-0.39, 0.29) is 4.90 Å². The third-order valence-electron chi connectivity index (χ3n) is 5.62. The zero-order valence-electron chi connectivity index (χ0n) is 17.7. The van der Waals surface area contributed by atoms with E-state index >= 15 is 0 Å². The molecule has 1 fully saturated rings. The molecular weight excluding hydrogens is 476 g/mol. The highest BCUT2D eigenvalue weighted by Crippen LogP contribution is 2.31. The lowest BCUT2D eigenvalue weighted by molar-refractivity contribution is 0.273. The fourth-order valence-electron chi connectivity index (χ4n) is 3.87. The Morgan fingerprint density at radius 3 is 2.55 bits per heavy atom. The number of pyridine rings is 1. The second-order valence-corrected chi connectivity index (χ2v) is 11.7. The molecule has 0 N–H and O–H groups in total. The molecule has 0 saturated carbocycles. The minimum Gasteiger partial charge on any atom is -0.410 e. The normalized spacial score (nSPS) is 15.6. The molecular formula is C23H22N4O3S3. The van der Waals surface area contributed by atoms with E-state index in [1.807, 2.05) is 35.7 Å². The Morgan fingerprint density at radius 2 is 1.85 bits per heavy atom. The Balaban J connectivity index is 1.20. The monoisotopic (exact) mass is 498 g/mol. The number of thiophene rings is 1. The molecule has 5 rings (SSSR count). The Morgan fingerprint density at radius 1 is 1.03 bits per heavy atom. The fraction of sp³-hybridized carbons (Fsp3) is 0.261. The second kappa shape index (κ2) is 9.76. The van der Waals surface area contributed by atoms with Gasteiger partial charge in [0.15, 0.2) is 0 Å². The van der Waals surface area contributed by atoms with Crippen molar-refractivity contribution in [3.05, 3.63) is 71.7 Å². The SMILES string of the molecule is O=S(=O)(c1ccc(Sc2nnc(-c3cccs3)o2)nc1)N1CCC(Cc2ccccc2)CC1. The summed E-state index contributed by atoms with van der Waals surface area (Å²) in [6, 6.07) is 17.5. The summed E-state index contributed by atoms with van der Waals surface area (Å²) in [6.07, 6.45) is 4.12. The molecule has 0 spiro atoms. The molecule has 10 heteroatoms. The molecule has 7 nitrogen and oxygen atoms in total. The predicted octanol–water partition coefficient (Wildman–Crippen LogP) is 4.99. The van der Waals surface area contributed by atoms with Crippen LogP contribution in [-0.2, 0) is 16.4 Å². The molecule has 1 aromatic carbocycles. The molecule has 0 amide bonds. The molecule has 0 radical (unpaired) electrons. The van der Waals surface area contributed by atoms with Crippen LogP contribution in [0, 0.1) is 5.92 Å².